The first-order valence-corrected chi connectivity index (χ1v) is 9.97. The number of hydrogen-bond donors (Lipinski definition) is 2. The molecule has 1 saturated heterocycles. The van der Waals surface area contributed by atoms with Crippen molar-refractivity contribution >= 4 is 17.5 Å². The van der Waals surface area contributed by atoms with Crippen molar-refractivity contribution in [2.24, 2.45) is 0 Å². The highest BCUT2D eigenvalue weighted by molar-refractivity contribution is 6.30. The Morgan fingerprint density at radius 3 is 2.76 bits per heavy atom. The van der Waals surface area contributed by atoms with E-state index in [2.05, 4.69) is 25.8 Å². The maximum absolute atomic E-state index is 12.2. The van der Waals surface area contributed by atoms with E-state index in [-0.39, 0.29) is 12.5 Å². The summed E-state index contributed by atoms with van der Waals surface area (Å²) in [6.45, 7) is 5.16. The van der Waals surface area contributed by atoms with E-state index in [4.69, 9.17) is 16.0 Å². The molecule has 29 heavy (non-hydrogen) atoms. The lowest BCUT2D eigenvalue weighted by molar-refractivity contribution is -0.122. The molecule has 152 valence electrons. The molecule has 1 amide bonds. The third kappa shape index (κ3) is 5.44. The number of benzene rings is 1. The van der Waals surface area contributed by atoms with Crippen molar-refractivity contribution in [2.45, 2.75) is 19.6 Å². The van der Waals surface area contributed by atoms with Gasteiger partial charge in [0.25, 0.3) is 0 Å². The van der Waals surface area contributed by atoms with Crippen LogP contribution in [0.25, 0.3) is 11.3 Å². The van der Waals surface area contributed by atoms with Crippen LogP contribution in [0, 0.1) is 0 Å². The second-order valence-corrected chi connectivity index (χ2v) is 7.42. The van der Waals surface area contributed by atoms with Gasteiger partial charge >= 0.3 is 0 Å². The minimum atomic E-state index is -0.145. The second kappa shape index (κ2) is 9.21. The third-order valence-corrected chi connectivity index (χ3v) is 4.99. The lowest BCUT2D eigenvalue weighted by Crippen LogP contribution is -2.42. The predicted molar refractivity (Wildman–Crippen MR) is 109 cm³/mol. The van der Waals surface area contributed by atoms with Gasteiger partial charge in [-0.3, -0.25) is 9.69 Å². The summed E-state index contributed by atoms with van der Waals surface area (Å²) in [6, 6.07) is 11.2. The van der Waals surface area contributed by atoms with E-state index in [1.54, 1.807) is 4.68 Å². The Morgan fingerprint density at radius 1 is 1.17 bits per heavy atom. The Bertz CT molecular complexity index is 946. The lowest BCUT2D eigenvalue weighted by Gasteiger charge is -2.25. The first kappa shape index (κ1) is 19.6. The number of nitrogens with one attached hydrogen (secondary N) is 2. The van der Waals surface area contributed by atoms with E-state index < -0.39 is 0 Å². The molecule has 0 spiro atoms. The monoisotopic (exact) mass is 414 g/mol. The van der Waals surface area contributed by atoms with E-state index in [0.717, 1.165) is 49.7 Å². The van der Waals surface area contributed by atoms with Crippen molar-refractivity contribution in [3.05, 3.63) is 59.1 Å². The van der Waals surface area contributed by atoms with Gasteiger partial charge in [-0.1, -0.05) is 16.8 Å². The smallest absolute Gasteiger partial charge is 0.242 e. The summed E-state index contributed by atoms with van der Waals surface area (Å²) in [7, 11) is 0. The second-order valence-electron chi connectivity index (χ2n) is 6.98. The molecule has 1 aliphatic heterocycles. The summed E-state index contributed by atoms with van der Waals surface area (Å²) in [5.41, 5.74) is 1.81. The molecule has 8 nitrogen and oxygen atoms in total. The molecule has 1 aliphatic rings. The lowest BCUT2D eigenvalue weighted by atomic mass is 10.2. The van der Waals surface area contributed by atoms with E-state index in [0.29, 0.717) is 17.3 Å². The molecule has 1 aromatic carbocycles. The molecular weight excluding hydrogens is 392 g/mol. The molecule has 0 aliphatic carbocycles. The highest BCUT2D eigenvalue weighted by Gasteiger charge is 2.13. The van der Waals surface area contributed by atoms with Crippen LogP contribution in [0.2, 0.25) is 5.02 Å². The van der Waals surface area contributed by atoms with Gasteiger partial charge in [-0.15, -0.1) is 5.10 Å². The van der Waals surface area contributed by atoms with E-state index in [9.17, 15) is 4.79 Å². The number of furan rings is 1. The Morgan fingerprint density at radius 2 is 1.97 bits per heavy atom. The minimum absolute atomic E-state index is 0.124. The van der Waals surface area contributed by atoms with Crippen LogP contribution >= 0.6 is 11.6 Å². The highest BCUT2D eigenvalue weighted by atomic mass is 35.5. The molecule has 0 saturated carbocycles. The number of aromatic nitrogens is 3. The molecule has 3 aromatic rings. The summed E-state index contributed by atoms with van der Waals surface area (Å²) < 4.78 is 7.36. The Hall–Kier alpha value is -2.68. The van der Waals surface area contributed by atoms with E-state index in [1.807, 2.05) is 42.6 Å². The van der Waals surface area contributed by atoms with Crippen molar-refractivity contribution in [2.75, 3.05) is 26.2 Å². The van der Waals surface area contributed by atoms with Crippen LogP contribution in [0.3, 0.4) is 0 Å². The van der Waals surface area contributed by atoms with Gasteiger partial charge in [-0.2, -0.15) is 0 Å². The van der Waals surface area contributed by atoms with Gasteiger partial charge in [0, 0.05) is 43.3 Å². The van der Waals surface area contributed by atoms with Crippen LogP contribution in [0.4, 0.5) is 0 Å². The van der Waals surface area contributed by atoms with Crippen LogP contribution in [0.15, 0.2) is 47.0 Å². The predicted octanol–water partition coefficient (Wildman–Crippen LogP) is 1.91. The van der Waals surface area contributed by atoms with Crippen LogP contribution in [-0.2, 0) is 24.4 Å². The summed E-state index contributed by atoms with van der Waals surface area (Å²) in [5.74, 6) is 1.27. The van der Waals surface area contributed by atoms with Crippen LogP contribution in [0.1, 0.15) is 11.5 Å². The average Bonchev–Trinajstić information content (AvgIpc) is 3.37. The maximum atomic E-state index is 12.2. The largest absolute Gasteiger partial charge is 0.459 e. The van der Waals surface area contributed by atoms with Crippen molar-refractivity contribution in [3.63, 3.8) is 0 Å². The molecule has 2 aromatic heterocycles. The molecule has 3 heterocycles. The molecular formula is C20H23ClN6O2. The van der Waals surface area contributed by atoms with Crippen LogP contribution < -0.4 is 10.6 Å². The third-order valence-electron chi connectivity index (χ3n) is 4.74. The molecule has 2 N–H and O–H groups in total. The normalized spacial score (nSPS) is 14.8. The first-order chi connectivity index (χ1) is 14.2. The summed E-state index contributed by atoms with van der Waals surface area (Å²) in [4.78, 5) is 14.5. The van der Waals surface area contributed by atoms with Crippen molar-refractivity contribution in [1.82, 2.24) is 30.5 Å². The molecule has 0 atom stereocenters. The zero-order valence-corrected chi connectivity index (χ0v) is 16.7. The number of rotatable bonds is 7. The zero-order valence-electron chi connectivity index (χ0n) is 16.0. The zero-order chi connectivity index (χ0) is 20.1. The number of carbonyl (C=O) groups excluding carboxylic acids is 1. The number of hydrogen-bond acceptors (Lipinski definition) is 6. The fourth-order valence-corrected chi connectivity index (χ4v) is 3.34. The molecule has 4 rings (SSSR count). The van der Waals surface area contributed by atoms with Gasteiger partial charge < -0.3 is 15.1 Å². The van der Waals surface area contributed by atoms with Gasteiger partial charge in [0.1, 0.15) is 18.1 Å². The van der Waals surface area contributed by atoms with Gasteiger partial charge in [0.15, 0.2) is 0 Å². The molecule has 1 fully saturated rings. The number of piperazine rings is 1. The summed E-state index contributed by atoms with van der Waals surface area (Å²) in [5, 5.41) is 15.1. The van der Waals surface area contributed by atoms with Gasteiger partial charge in [-0.05, 0) is 36.4 Å². The first-order valence-electron chi connectivity index (χ1n) is 9.59. The van der Waals surface area contributed by atoms with Gasteiger partial charge in [-0.25, -0.2) is 4.68 Å². The Kier molecular flexibility index (Phi) is 6.24. The van der Waals surface area contributed by atoms with Crippen LogP contribution in [-0.4, -0.2) is 52.0 Å². The van der Waals surface area contributed by atoms with Crippen molar-refractivity contribution < 1.29 is 9.21 Å². The molecule has 9 heteroatoms. The topological polar surface area (TPSA) is 88.2 Å². The Labute approximate surface area is 173 Å². The molecule has 0 radical (unpaired) electrons. The van der Waals surface area contributed by atoms with Crippen molar-refractivity contribution in [1.29, 1.82) is 0 Å². The standard InChI is InChI=1S/C20H23ClN6O2/c21-16-3-1-15(2-4-16)19-6-5-18(29-19)11-23-20(28)14-27-13-17(24-25-27)12-26-9-7-22-8-10-26/h1-6,13,22H,7-12,14H2,(H,23,28). The fraction of sp³-hybridized carbons (Fsp3) is 0.350. The highest BCUT2D eigenvalue weighted by Crippen LogP contribution is 2.23. The SMILES string of the molecule is O=C(Cn1cc(CN2CCNCC2)nn1)NCc1ccc(-c2ccc(Cl)cc2)o1. The minimum Gasteiger partial charge on any atom is -0.459 e. The van der Waals surface area contributed by atoms with Gasteiger partial charge in [0.05, 0.1) is 18.4 Å². The van der Waals surface area contributed by atoms with E-state index in [1.165, 1.54) is 0 Å². The fourth-order valence-electron chi connectivity index (χ4n) is 3.22. The van der Waals surface area contributed by atoms with E-state index >= 15 is 0 Å². The average molecular weight is 415 g/mol. The summed E-state index contributed by atoms with van der Waals surface area (Å²) >= 11 is 5.91. The quantitative estimate of drug-likeness (QED) is 0.614. The molecule has 0 bridgehead atoms. The molecule has 0 unspecified atom stereocenters. The summed E-state index contributed by atoms with van der Waals surface area (Å²) in [6.07, 6.45) is 1.83. The number of nitrogens with zero attached hydrogens (tertiary/aromatic N) is 4. The number of halogens is 1. The Balaban J connectivity index is 1.25. The van der Waals surface area contributed by atoms with Gasteiger partial charge in [0.2, 0.25) is 5.91 Å². The number of carbonyl (C=O) groups is 1. The maximum Gasteiger partial charge on any atom is 0.242 e. The van der Waals surface area contributed by atoms with Crippen molar-refractivity contribution in [3.8, 4) is 11.3 Å². The van der Waals surface area contributed by atoms with Crippen LogP contribution in [0.5, 0.6) is 0 Å². The number of amides is 1.